The van der Waals surface area contributed by atoms with Gasteiger partial charge in [-0.05, 0) is 55.2 Å². The van der Waals surface area contributed by atoms with Gasteiger partial charge in [-0.2, -0.15) is 0 Å². The highest BCUT2D eigenvalue weighted by molar-refractivity contribution is 6.23. The molecule has 1 fully saturated rings. The molecular weight excluding hydrogens is 590 g/mol. The lowest BCUT2D eigenvalue weighted by molar-refractivity contribution is -0.116. The molecule has 2 aliphatic rings. The molecule has 4 rings (SSSR count). The Bertz CT molecular complexity index is 1370. The van der Waals surface area contributed by atoms with E-state index in [1.165, 1.54) is 0 Å². The second-order valence-corrected chi connectivity index (χ2v) is 11.2. The molecule has 1 aliphatic carbocycles. The summed E-state index contributed by atoms with van der Waals surface area (Å²) in [6.07, 6.45) is 2.62. The molecule has 1 N–H and O–H groups in total. The molecule has 1 atom stereocenters. The fraction of sp³-hybridized carbons (Fsp3) is 0.486. The van der Waals surface area contributed by atoms with Crippen LogP contribution in [0.4, 0.5) is 5.69 Å². The quantitative estimate of drug-likeness (QED) is 0.107. The first-order valence-corrected chi connectivity index (χ1v) is 16.0. The van der Waals surface area contributed by atoms with Crippen molar-refractivity contribution in [2.24, 2.45) is 5.16 Å². The Morgan fingerprint density at radius 2 is 1.59 bits per heavy atom. The standard InChI is InChI=1S/C35H45N3O8/c1-3-32(36-46-4-2)35-33(41)22-28(23-34(35)42)26-6-9-31(10-7-26)45-20-19-44-18-17-43-16-15-37-11-13-38(14-12-37)30-8-5-27(24-39)29(21-30)25-40/h5-10,21,24-25,28,41H,3-4,11-20,22-23H2,1-2H3/b36-32+. The van der Waals surface area contributed by atoms with E-state index < -0.39 is 0 Å². The Morgan fingerprint density at radius 1 is 0.891 bits per heavy atom. The molecule has 0 saturated carbocycles. The molecule has 248 valence electrons. The first-order chi connectivity index (χ1) is 22.5. The number of allylic oxidation sites excluding steroid dienone is 2. The molecule has 0 spiro atoms. The summed E-state index contributed by atoms with van der Waals surface area (Å²) in [4.78, 5) is 44.9. The summed E-state index contributed by atoms with van der Waals surface area (Å²) in [6.45, 7) is 10.9. The van der Waals surface area contributed by atoms with E-state index in [0.29, 0.717) is 93.4 Å². The molecule has 2 aromatic carbocycles. The van der Waals surface area contributed by atoms with Crippen molar-refractivity contribution >= 4 is 29.8 Å². The largest absolute Gasteiger partial charge is 0.511 e. The van der Waals surface area contributed by atoms with Gasteiger partial charge in [-0.3, -0.25) is 19.3 Å². The number of hydrogen-bond donors (Lipinski definition) is 1. The Kier molecular flexibility index (Phi) is 13.8. The lowest BCUT2D eigenvalue weighted by Gasteiger charge is -2.36. The van der Waals surface area contributed by atoms with Crippen LogP contribution in [0, 0.1) is 0 Å². The third-order valence-electron chi connectivity index (χ3n) is 8.20. The number of carbonyl (C=O) groups is 3. The normalized spacial score (nSPS) is 17.7. The van der Waals surface area contributed by atoms with Gasteiger partial charge in [0.25, 0.3) is 0 Å². The van der Waals surface area contributed by atoms with Crippen LogP contribution in [0.5, 0.6) is 5.75 Å². The van der Waals surface area contributed by atoms with Gasteiger partial charge < -0.3 is 29.1 Å². The summed E-state index contributed by atoms with van der Waals surface area (Å²) < 4.78 is 17.2. The predicted octanol–water partition coefficient (Wildman–Crippen LogP) is 4.61. The van der Waals surface area contributed by atoms with Gasteiger partial charge >= 0.3 is 0 Å². The number of rotatable bonds is 18. The number of aliphatic hydroxyl groups excluding tert-OH is 1. The molecule has 1 aliphatic heterocycles. The van der Waals surface area contributed by atoms with E-state index in [-0.39, 0.29) is 17.5 Å². The summed E-state index contributed by atoms with van der Waals surface area (Å²) in [5, 5.41) is 14.7. The Balaban J connectivity index is 1.06. The lowest BCUT2D eigenvalue weighted by atomic mass is 9.81. The van der Waals surface area contributed by atoms with Crippen LogP contribution in [0.1, 0.15) is 65.3 Å². The second kappa shape index (κ2) is 18.2. The molecule has 0 amide bonds. The van der Waals surface area contributed by atoms with Crippen LogP contribution in [0.15, 0.2) is 59.0 Å². The highest BCUT2D eigenvalue weighted by atomic mass is 16.6. The highest BCUT2D eigenvalue weighted by Crippen LogP contribution is 2.35. The van der Waals surface area contributed by atoms with Gasteiger partial charge in [0.1, 0.15) is 24.7 Å². The van der Waals surface area contributed by atoms with Crippen molar-refractivity contribution in [1.82, 2.24) is 4.90 Å². The Morgan fingerprint density at radius 3 is 2.24 bits per heavy atom. The number of ketones is 1. The minimum Gasteiger partial charge on any atom is -0.511 e. The smallest absolute Gasteiger partial charge is 0.168 e. The minimum atomic E-state index is -0.121. The average Bonchev–Trinajstić information content (AvgIpc) is 3.08. The van der Waals surface area contributed by atoms with Gasteiger partial charge in [0.05, 0.1) is 37.7 Å². The maximum Gasteiger partial charge on any atom is 0.168 e. The zero-order chi connectivity index (χ0) is 32.7. The van der Waals surface area contributed by atoms with E-state index >= 15 is 0 Å². The first-order valence-electron chi connectivity index (χ1n) is 16.0. The Labute approximate surface area is 270 Å². The van der Waals surface area contributed by atoms with Gasteiger partial charge in [-0.1, -0.05) is 24.2 Å². The number of nitrogens with zero attached hydrogens (tertiary/aromatic N) is 3. The summed E-state index contributed by atoms with van der Waals surface area (Å²) in [7, 11) is 0. The fourth-order valence-electron chi connectivity index (χ4n) is 5.66. The summed E-state index contributed by atoms with van der Waals surface area (Å²) in [5.74, 6) is 0.557. The lowest BCUT2D eigenvalue weighted by Crippen LogP contribution is -2.47. The third kappa shape index (κ3) is 9.72. The maximum absolute atomic E-state index is 12.8. The fourth-order valence-corrected chi connectivity index (χ4v) is 5.66. The maximum atomic E-state index is 12.8. The number of hydrogen-bond acceptors (Lipinski definition) is 11. The van der Waals surface area contributed by atoms with Gasteiger partial charge in [-0.25, -0.2) is 0 Å². The number of piperazine rings is 1. The molecule has 11 heteroatoms. The average molecular weight is 636 g/mol. The topological polar surface area (TPSA) is 127 Å². The van der Waals surface area contributed by atoms with Crippen LogP contribution in [0.3, 0.4) is 0 Å². The number of ether oxygens (including phenoxy) is 3. The van der Waals surface area contributed by atoms with Crippen molar-refractivity contribution in [3.05, 3.63) is 70.5 Å². The number of benzene rings is 2. The van der Waals surface area contributed by atoms with Gasteiger partial charge in [-0.15, -0.1) is 0 Å². The number of Topliss-reactive ketones (excluding diaryl/α,β-unsaturated/α-hetero) is 1. The third-order valence-corrected chi connectivity index (χ3v) is 8.20. The molecule has 1 saturated heterocycles. The molecule has 2 aromatic rings. The van der Waals surface area contributed by atoms with Crippen molar-refractivity contribution < 1.29 is 38.5 Å². The van der Waals surface area contributed by atoms with E-state index in [1.807, 2.05) is 44.2 Å². The monoisotopic (exact) mass is 635 g/mol. The number of aldehydes is 2. The zero-order valence-electron chi connectivity index (χ0n) is 26.8. The van der Waals surface area contributed by atoms with Crippen molar-refractivity contribution in [2.75, 3.05) is 77.3 Å². The number of anilines is 1. The predicted molar refractivity (Wildman–Crippen MR) is 175 cm³/mol. The summed E-state index contributed by atoms with van der Waals surface area (Å²) in [6, 6.07) is 13.0. The van der Waals surface area contributed by atoms with Crippen LogP contribution in [0.25, 0.3) is 0 Å². The first kappa shape index (κ1) is 34.8. The van der Waals surface area contributed by atoms with E-state index in [1.54, 1.807) is 12.1 Å². The summed E-state index contributed by atoms with van der Waals surface area (Å²) >= 11 is 0. The van der Waals surface area contributed by atoms with Crippen LogP contribution < -0.4 is 9.64 Å². The summed E-state index contributed by atoms with van der Waals surface area (Å²) in [5.41, 5.74) is 3.55. The molecule has 46 heavy (non-hydrogen) atoms. The van der Waals surface area contributed by atoms with E-state index in [4.69, 9.17) is 19.0 Å². The molecule has 11 nitrogen and oxygen atoms in total. The van der Waals surface area contributed by atoms with Crippen molar-refractivity contribution in [3.8, 4) is 5.75 Å². The number of carbonyl (C=O) groups excluding carboxylic acids is 3. The molecule has 0 radical (unpaired) electrons. The minimum absolute atomic E-state index is 0.0667. The van der Waals surface area contributed by atoms with Crippen molar-refractivity contribution in [2.45, 2.75) is 39.0 Å². The molecule has 0 aromatic heterocycles. The van der Waals surface area contributed by atoms with Gasteiger partial charge in [0.2, 0.25) is 0 Å². The number of aliphatic hydroxyl groups is 1. The zero-order valence-corrected chi connectivity index (χ0v) is 26.8. The molecular formula is C35H45N3O8. The molecule has 0 bridgehead atoms. The SMILES string of the molecule is CCO/N=C(\CC)C1=C(O)CC(c2ccc(OCCOCCOCCN3CCN(c4ccc(C=O)c(C=O)c4)CC3)cc2)CC1=O. The number of oxime groups is 1. The van der Waals surface area contributed by atoms with E-state index in [9.17, 15) is 19.5 Å². The van der Waals surface area contributed by atoms with Crippen LogP contribution >= 0.6 is 0 Å². The van der Waals surface area contributed by atoms with Crippen LogP contribution in [-0.4, -0.2) is 106 Å². The van der Waals surface area contributed by atoms with Crippen molar-refractivity contribution in [3.63, 3.8) is 0 Å². The van der Waals surface area contributed by atoms with Crippen LogP contribution in [-0.2, 0) is 19.1 Å². The van der Waals surface area contributed by atoms with Gasteiger partial charge in [0.15, 0.2) is 18.4 Å². The van der Waals surface area contributed by atoms with Crippen molar-refractivity contribution in [1.29, 1.82) is 0 Å². The van der Waals surface area contributed by atoms with E-state index in [2.05, 4.69) is 15.0 Å². The molecule has 1 unspecified atom stereocenters. The van der Waals surface area contributed by atoms with Gasteiger partial charge in [0, 0.05) is 62.4 Å². The van der Waals surface area contributed by atoms with Crippen LogP contribution in [0.2, 0.25) is 0 Å². The Hall–Kier alpha value is -4.06. The highest BCUT2D eigenvalue weighted by Gasteiger charge is 2.31. The molecule has 1 heterocycles. The second-order valence-electron chi connectivity index (χ2n) is 11.2. The van der Waals surface area contributed by atoms with E-state index in [0.717, 1.165) is 50.3 Å².